The Morgan fingerprint density at radius 1 is 1.08 bits per heavy atom. The minimum absolute atomic E-state index is 0.0973. The maximum atomic E-state index is 12.5. The number of rotatable bonds is 3. The second-order valence-corrected chi connectivity index (χ2v) is 5.39. The lowest BCUT2D eigenvalue weighted by atomic mass is 10.2. The smallest absolute Gasteiger partial charge is 0.412 e. The number of benzene rings is 2. The lowest BCUT2D eigenvalue weighted by Gasteiger charge is -2.07. The summed E-state index contributed by atoms with van der Waals surface area (Å²) >= 11 is 5.87. The highest BCUT2D eigenvalue weighted by atomic mass is 35.5. The molecule has 0 bridgehead atoms. The van der Waals surface area contributed by atoms with E-state index in [1.807, 2.05) is 0 Å². The van der Waals surface area contributed by atoms with Crippen molar-refractivity contribution in [2.75, 3.05) is 5.32 Å². The monoisotopic (exact) mass is 367 g/mol. The SMILES string of the molecule is O=C(Nc1ccc(C(F)(F)F)cc1)c1nnc(-c2cccc(Cl)c2)o1. The van der Waals surface area contributed by atoms with Crippen LogP contribution in [0.4, 0.5) is 18.9 Å². The van der Waals surface area contributed by atoms with Gasteiger partial charge >= 0.3 is 18.0 Å². The largest absolute Gasteiger partial charge is 0.416 e. The number of hydrogen-bond donors (Lipinski definition) is 1. The van der Waals surface area contributed by atoms with Crippen LogP contribution < -0.4 is 5.32 Å². The van der Waals surface area contributed by atoms with Gasteiger partial charge in [-0.2, -0.15) is 13.2 Å². The van der Waals surface area contributed by atoms with Gasteiger partial charge in [-0.1, -0.05) is 17.7 Å². The van der Waals surface area contributed by atoms with Crippen LogP contribution in [0.5, 0.6) is 0 Å². The van der Waals surface area contributed by atoms with E-state index in [1.165, 1.54) is 0 Å². The number of aromatic nitrogens is 2. The summed E-state index contributed by atoms with van der Waals surface area (Å²) in [5.74, 6) is -0.963. The molecule has 5 nitrogen and oxygen atoms in total. The number of carbonyl (C=O) groups is 1. The number of hydrogen-bond acceptors (Lipinski definition) is 4. The van der Waals surface area contributed by atoms with Crippen molar-refractivity contribution in [2.24, 2.45) is 0 Å². The van der Waals surface area contributed by atoms with Crippen LogP contribution in [0.1, 0.15) is 16.2 Å². The molecule has 1 N–H and O–H groups in total. The van der Waals surface area contributed by atoms with Crippen molar-refractivity contribution in [3.63, 3.8) is 0 Å². The van der Waals surface area contributed by atoms with Crippen molar-refractivity contribution in [2.45, 2.75) is 6.18 Å². The maximum Gasteiger partial charge on any atom is 0.416 e. The molecule has 3 aromatic rings. The van der Waals surface area contributed by atoms with Crippen LogP contribution in [0.3, 0.4) is 0 Å². The molecule has 0 atom stereocenters. The van der Waals surface area contributed by atoms with Crippen molar-refractivity contribution in [3.8, 4) is 11.5 Å². The summed E-state index contributed by atoms with van der Waals surface area (Å²) in [5, 5.41) is 10.2. The fraction of sp³-hybridized carbons (Fsp3) is 0.0625. The van der Waals surface area contributed by atoms with Gasteiger partial charge in [0.05, 0.1) is 5.56 Å². The van der Waals surface area contributed by atoms with Crippen molar-refractivity contribution in [3.05, 3.63) is 65.0 Å². The molecule has 1 heterocycles. The summed E-state index contributed by atoms with van der Waals surface area (Å²) < 4.78 is 42.8. The third-order valence-corrected chi connectivity index (χ3v) is 3.40. The Balaban J connectivity index is 1.74. The standard InChI is InChI=1S/C16H9ClF3N3O2/c17-11-3-1-2-9(8-11)14-22-23-15(25-14)13(24)21-12-6-4-10(5-7-12)16(18,19)20/h1-8H,(H,21,24). The molecule has 0 aliphatic heterocycles. The molecule has 0 spiro atoms. The third kappa shape index (κ3) is 3.97. The number of amides is 1. The average molecular weight is 368 g/mol. The van der Waals surface area contributed by atoms with Crippen LogP contribution in [0, 0.1) is 0 Å². The number of nitrogens with zero attached hydrogens (tertiary/aromatic N) is 2. The molecular weight excluding hydrogens is 359 g/mol. The van der Waals surface area contributed by atoms with Crippen LogP contribution in [0.25, 0.3) is 11.5 Å². The predicted octanol–water partition coefficient (Wildman–Crippen LogP) is 4.66. The normalized spacial score (nSPS) is 11.4. The maximum absolute atomic E-state index is 12.5. The van der Waals surface area contributed by atoms with Crippen LogP contribution in [-0.2, 0) is 6.18 Å². The first-order valence-electron chi connectivity index (χ1n) is 6.91. The van der Waals surface area contributed by atoms with Gasteiger partial charge in [0.25, 0.3) is 0 Å². The minimum Gasteiger partial charge on any atom is -0.412 e. The number of anilines is 1. The van der Waals surface area contributed by atoms with Gasteiger partial charge in [0.1, 0.15) is 0 Å². The summed E-state index contributed by atoms with van der Waals surface area (Å²) in [4.78, 5) is 12.1. The molecule has 0 aliphatic carbocycles. The molecule has 9 heteroatoms. The van der Waals surface area contributed by atoms with Crippen LogP contribution in [0.2, 0.25) is 5.02 Å². The number of nitrogens with one attached hydrogen (secondary N) is 1. The van der Waals surface area contributed by atoms with Gasteiger partial charge in [-0.05, 0) is 42.5 Å². The Labute approximate surface area is 144 Å². The summed E-state index contributed by atoms with van der Waals surface area (Å²) in [7, 11) is 0. The molecule has 0 aliphatic rings. The molecule has 0 radical (unpaired) electrons. The van der Waals surface area contributed by atoms with E-state index in [4.69, 9.17) is 16.0 Å². The second kappa shape index (κ2) is 6.56. The van der Waals surface area contributed by atoms with Crippen LogP contribution in [-0.4, -0.2) is 16.1 Å². The zero-order valence-corrected chi connectivity index (χ0v) is 13.1. The molecule has 0 unspecified atom stereocenters. The quantitative estimate of drug-likeness (QED) is 0.731. The van der Waals surface area contributed by atoms with Crippen LogP contribution >= 0.6 is 11.6 Å². The Bertz CT molecular complexity index is 907. The van der Waals surface area contributed by atoms with E-state index in [0.717, 1.165) is 24.3 Å². The van der Waals surface area contributed by atoms with Crippen LogP contribution in [0.15, 0.2) is 52.9 Å². The first-order chi connectivity index (χ1) is 11.8. The van der Waals surface area contributed by atoms with E-state index in [2.05, 4.69) is 15.5 Å². The van der Waals surface area contributed by atoms with E-state index in [9.17, 15) is 18.0 Å². The third-order valence-electron chi connectivity index (χ3n) is 3.16. The highest BCUT2D eigenvalue weighted by Crippen LogP contribution is 2.30. The topological polar surface area (TPSA) is 68.0 Å². The molecule has 25 heavy (non-hydrogen) atoms. The highest BCUT2D eigenvalue weighted by molar-refractivity contribution is 6.30. The lowest BCUT2D eigenvalue weighted by molar-refractivity contribution is -0.137. The molecule has 128 valence electrons. The van der Waals surface area contributed by atoms with Gasteiger partial charge in [0, 0.05) is 16.3 Å². The number of carbonyl (C=O) groups excluding carboxylic acids is 1. The molecule has 0 saturated carbocycles. The van der Waals surface area contributed by atoms with Crippen molar-refractivity contribution in [1.29, 1.82) is 0 Å². The number of halogens is 4. The second-order valence-electron chi connectivity index (χ2n) is 4.95. The summed E-state index contributed by atoms with van der Waals surface area (Å²) in [5.41, 5.74) is -0.111. The molecule has 1 aromatic heterocycles. The van der Waals surface area contributed by atoms with Gasteiger partial charge in [0.15, 0.2) is 0 Å². The molecule has 0 saturated heterocycles. The van der Waals surface area contributed by atoms with Crippen molar-refractivity contribution >= 4 is 23.2 Å². The zero-order chi connectivity index (χ0) is 18.0. The first kappa shape index (κ1) is 17.0. The zero-order valence-electron chi connectivity index (χ0n) is 12.3. The van der Waals surface area contributed by atoms with Gasteiger partial charge in [-0.25, -0.2) is 0 Å². The Morgan fingerprint density at radius 3 is 2.44 bits per heavy atom. The minimum atomic E-state index is -4.44. The number of alkyl halides is 3. The summed E-state index contributed by atoms with van der Waals surface area (Å²) in [6.07, 6.45) is -4.44. The van der Waals surface area contributed by atoms with Gasteiger partial charge in [0.2, 0.25) is 5.89 Å². The van der Waals surface area contributed by atoms with Gasteiger partial charge in [-0.15, -0.1) is 10.2 Å². The summed E-state index contributed by atoms with van der Waals surface area (Å²) in [6.45, 7) is 0. The van der Waals surface area contributed by atoms with E-state index < -0.39 is 17.6 Å². The fourth-order valence-corrected chi connectivity index (χ4v) is 2.17. The average Bonchev–Trinajstić information content (AvgIpc) is 3.05. The predicted molar refractivity (Wildman–Crippen MR) is 84.1 cm³/mol. The Morgan fingerprint density at radius 2 is 1.80 bits per heavy atom. The lowest BCUT2D eigenvalue weighted by Crippen LogP contribution is -2.12. The Kier molecular flexibility index (Phi) is 4.45. The van der Waals surface area contributed by atoms with Gasteiger partial charge < -0.3 is 9.73 Å². The van der Waals surface area contributed by atoms with E-state index in [-0.39, 0.29) is 17.5 Å². The molecule has 2 aromatic carbocycles. The van der Waals surface area contributed by atoms with Crippen molar-refractivity contribution in [1.82, 2.24) is 10.2 Å². The first-order valence-corrected chi connectivity index (χ1v) is 7.29. The molecule has 3 rings (SSSR count). The fourth-order valence-electron chi connectivity index (χ4n) is 1.98. The van der Waals surface area contributed by atoms with E-state index in [0.29, 0.717) is 10.6 Å². The van der Waals surface area contributed by atoms with Crippen molar-refractivity contribution < 1.29 is 22.4 Å². The Hall–Kier alpha value is -2.87. The molecular formula is C16H9ClF3N3O2. The molecule has 0 fully saturated rings. The summed E-state index contributed by atoms with van der Waals surface area (Å²) in [6, 6.07) is 10.6. The van der Waals surface area contributed by atoms with Gasteiger partial charge in [-0.3, -0.25) is 4.79 Å². The van der Waals surface area contributed by atoms with E-state index >= 15 is 0 Å². The molecule has 1 amide bonds. The van der Waals surface area contributed by atoms with E-state index in [1.54, 1.807) is 24.3 Å². The highest BCUT2D eigenvalue weighted by Gasteiger charge is 2.30.